The lowest BCUT2D eigenvalue weighted by Gasteiger charge is -2.19. The van der Waals surface area contributed by atoms with Crippen LogP contribution in [-0.4, -0.2) is 15.9 Å². The summed E-state index contributed by atoms with van der Waals surface area (Å²) < 4.78 is 0. The number of thiophene rings is 1. The van der Waals surface area contributed by atoms with Crippen molar-refractivity contribution in [3.63, 3.8) is 0 Å². The summed E-state index contributed by atoms with van der Waals surface area (Å²) in [6, 6.07) is 6.08. The van der Waals surface area contributed by atoms with Gasteiger partial charge < -0.3 is 10.3 Å². The number of carbonyl (C=O) groups excluding carboxylic acids is 1. The number of rotatable bonds is 3. The van der Waals surface area contributed by atoms with Crippen LogP contribution in [0.25, 0.3) is 11.0 Å². The summed E-state index contributed by atoms with van der Waals surface area (Å²) in [6.45, 7) is 2.02. The summed E-state index contributed by atoms with van der Waals surface area (Å²) in [6.07, 6.45) is 8.14. The molecule has 1 aliphatic rings. The average Bonchev–Trinajstić information content (AvgIpc) is 3.24. The molecule has 1 amide bonds. The Labute approximate surface area is 145 Å². The second-order valence-corrected chi connectivity index (χ2v) is 7.58. The van der Waals surface area contributed by atoms with Gasteiger partial charge in [-0.05, 0) is 49.4 Å². The summed E-state index contributed by atoms with van der Waals surface area (Å²) in [5, 5.41) is 5.01. The van der Waals surface area contributed by atoms with Crippen LogP contribution < -0.4 is 5.32 Å². The van der Waals surface area contributed by atoms with E-state index < -0.39 is 0 Å². The number of benzene rings is 1. The van der Waals surface area contributed by atoms with Gasteiger partial charge in [-0.2, -0.15) is 0 Å². The van der Waals surface area contributed by atoms with Crippen molar-refractivity contribution in [3.8, 4) is 0 Å². The van der Waals surface area contributed by atoms with Crippen LogP contribution >= 0.6 is 11.3 Å². The Balaban J connectivity index is 1.55. The maximum Gasteiger partial charge on any atom is 0.256 e. The van der Waals surface area contributed by atoms with Gasteiger partial charge in [0.2, 0.25) is 0 Å². The first-order valence-corrected chi connectivity index (χ1v) is 9.42. The van der Waals surface area contributed by atoms with E-state index in [1.165, 1.54) is 37.0 Å². The minimum Gasteiger partial charge on any atom is -0.345 e. The number of anilines is 1. The molecule has 0 saturated heterocycles. The molecule has 4 nitrogen and oxygen atoms in total. The van der Waals surface area contributed by atoms with Crippen molar-refractivity contribution in [2.24, 2.45) is 0 Å². The predicted octanol–water partition coefficient (Wildman–Crippen LogP) is 5.23. The zero-order valence-corrected chi connectivity index (χ0v) is 14.6. The van der Waals surface area contributed by atoms with Crippen LogP contribution in [0.4, 0.5) is 5.69 Å². The molecule has 2 aromatic heterocycles. The maximum atomic E-state index is 12.6. The number of nitrogens with one attached hydrogen (secondary N) is 2. The van der Waals surface area contributed by atoms with E-state index in [9.17, 15) is 4.79 Å². The van der Waals surface area contributed by atoms with E-state index >= 15 is 0 Å². The largest absolute Gasteiger partial charge is 0.345 e. The van der Waals surface area contributed by atoms with E-state index in [2.05, 4.69) is 21.4 Å². The molecule has 4 rings (SSSR count). The van der Waals surface area contributed by atoms with E-state index in [0.29, 0.717) is 5.92 Å². The number of aromatic amines is 1. The monoisotopic (exact) mass is 339 g/mol. The fraction of sp³-hybridized carbons (Fsp3) is 0.368. The quantitative estimate of drug-likeness (QED) is 0.686. The topological polar surface area (TPSA) is 57.8 Å². The van der Waals surface area contributed by atoms with Crippen LogP contribution in [0.1, 0.15) is 58.8 Å². The molecule has 3 aromatic rings. The second-order valence-electron chi connectivity index (χ2n) is 6.64. The SMILES string of the molecule is Cc1cc(NC(=O)c2csc(C3CCCCC3)c2)c2nc[nH]c2c1. The highest BCUT2D eigenvalue weighted by Gasteiger charge is 2.19. The van der Waals surface area contributed by atoms with Crippen molar-refractivity contribution in [1.82, 2.24) is 9.97 Å². The minimum absolute atomic E-state index is 0.0526. The molecule has 5 heteroatoms. The number of amides is 1. The van der Waals surface area contributed by atoms with Crippen molar-refractivity contribution in [3.05, 3.63) is 45.9 Å². The molecule has 24 heavy (non-hydrogen) atoms. The molecule has 0 bridgehead atoms. The highest BCUT2D eigenvalue weighted by atomic mass is 32.1. The van der Waals surface area contributed by atoms with Crippen molar-refractivity contribution in [2.45, 2.75) is 44.9 Å². The molecule has 0 unspecified atom stereocenters. The van der Waals surface area contributed by atoms with Crippen LogP contribution in [0.2, 0.25) is 0 Å². The number of hydrogen-bond acceptors (Lipinski definition) is 3. The molecule has 1 aromatic carbocycles. The van der Waals surface area contributed by atoms with E-state index in [0.717, 1.165) is 27.8 Å². The lowest BCUT2D eigenvalue weighted by Crippen LogP contribution is -2.11. The third-order valence-corrected chi connectivity index (χ3v) is 5.90. The summed E-state index contributed by atoms with van der Waals surface area (Å²) in [5.74, 6) is 0.588. The van der Waals surface area contributed by atoms with Crippen molar-refractivity contribution in [2.75, 3.05) is 5.32 Å². The maximum absolute atomic E-state index is 12.6. The fourth-order valence-electron chi connectivity index (χ4n) is 3.56. The molecule has 0 radical (unpaired) electrons. The standard InChI is InChI=1S/C19H21N3OS/c1-12-7-15-18(21-11-20-15)16(8-12)22-19(23)14-9-17(24-10-14)13-5-3-2-4-6-13/h7-11,13H,2-6H2,1H3,(H,20,21)(H,22,23). The van der Waals surface area contributed by atoms with Gasteiger partial charge in [0.1, 0.15) is 5.52 Å². The number of carbonyl (C=O) groups is 1. The lowest BCUT2D eigenvalue weighted by atomic mass is 9.88. The molecular formula is C19H21N3OS. The molecule has 2 N–H and O–H groups in total. The van der Waals surface area contributed by atoms with Gasteiger partial charge in [0.05, 0.1) is 23.1 Å². The van der Waals surface area contributed by atoms with Gasteiger partial charge >= 0.3 is 0 Å². The fourth-order valence-corrected chi connectivity index (χ4v) is 4.62. The molecular weight excluding hydrogens is 318 g/mol. The smallest absolute Gasteiger partial charge is 0.256 e. The molecule has 1 saturated carbocycles. The first-order valence-electron chi connectivity index (χ1n) is 8.54. The first-order chi connectivity index (χ1) is 11.7. The van der Waals surface area contributed by atoms with Gasteiger partial charge in [0.25, 0.3) is 5.91 Å². The highest BCUT2D eigenvalue weighted by Crippen LogP contribution is 2.36. The number of hydrogen-bond donors (Lipinski definition) is 2. The Kier molecular flexibility index (Phi) is 4.10. The molecule has 1 aliphatic carbocycles. The normalized spacial score (nSPS) is 15.7. The van der Waals surface area contributed by atoms with Gasteiger partial charge in [-0.15, -0.1) is 11.3 Å². The second kappa shape index (κ2) is 6.40. The number of nitrogens with zero attached hydrogens (tertiary/aromatic N) is 1. The number of H-pyrrole nitrogens is 1. The number of aryl methyl sites for hydroxylation is 1. The Morgan fingerprint density at radius 2 is 2.08 bits per heavy atom. The summed E-state index contributed by atoms with van der Waals surface area (Å²) in [4.78, 5) is 21.4. The summed E-state index contributed by atoms with van der Waals surface area (Å²) >= 11 is 1.72. The first kappa shape index (κ1) is 15.4. The van der Waals surface area contributed by atoms with E-state index in [1.807, 2.05) is 24.4 Å². The zero-order valence-electron chi connectivity index (χ0n) is 13.8. The Morgan fingerprint density at radius 3 is 2.92 bits per heavy atom. The average molecular weight is 339 g/mol. The van der Waals surface area contributed by atoms with Gasteiger partial charge in [-0.3, -0.25) is 4.79 Å². The highest BCUT2D eigenvalue weighted by molar-refractivity contribution is 7.10. The van der Waals surface area contributed by atoms with Crippen molar-refractivity contribution < 1.29 is 4.79 Å². The molecule has 0 spiro atoms. The third kappa shape index (κ3) is 2.96. The molecule has 1 fully saturated rings. The van der Waals surface area contributed by atoms with Gasteiger partial charge in [-0.25, -0.2) is 4.98 Å². The number of imidazole rings is 1. The Bertz CT molecular complexity index is 874. The molecule has 0 aliphatic heterocycles. The summed E-state index contributed by atoms with van der Waals surface area (Å²) in [7, 11) is 0. The van der Waals surface area contributed by atoms with Gasteiger partial charge in [0, 0.05) is 10.3 Å². The van der Waals surface area contributed by atoms with Gasteiger partial charge in [0.15, 0.2) is 0 Å². The summed E-state index contributed by atoms with van der Waals surface area (Å²) in [5.41, 5.74) is 4.36. The van der Waals surface area contributed by atoms with E-state index in [1.54, 1.807) is 17.7 Å². The molecule has 2 heterocycles. The predicted molar refractivity (Wildman–Crippen MR) is 98.9 cm³/mol. The van der Waals surface area contributed by atoms with Crippen LogP contribution in [-0.2, 0) is 0 Å². The number of fused-ring (bicyclic) bond motifs is 1. The van der Waals surface area contributed by atoms with E-state index in [4.69, 9.17) is 0 Å². The van der Waals surface area contributed by atoms with Crippen molar-refractivity contribution in [1.29, 1.82) is 0 Å². The molecule has 124 valence electrons. The Hall–Kier alpha value is -2.14. The van der Waals surface area contributed by atoms with Crippen molar-refractivity contribution >= 4 is 34.0 Å². The van der Waals surface area contributed by atoms with Crippen LogP contribution in [0.5, 0.6) is 0 Å². The zero-order chi connectivity index (χ0) is 16.5. The van der Waals surface area contributed by atoms with Gasteiger partial charge in [-0.1, -0.05) is 19.3 Å². The molecule has 0 atom stereocenters. The number of aromatic nitrogens is 2. The lowest BCUT2D eigenvalue weighted by molar-refractivity contribution is 0.102. The third-order valence-electron chi connectivity index (χ3n) is 4.81. The van der Waals surface area contributed by atoms with Crippen LogP contribution in [0.15, 0.2) is 29.9 Å². The van der Waals surface area contributed by atoms with E-state index in [-0.39, 0.29) is 5.91 Å². The minimum atomic E-state index is -0.0526. The Morgan fingerprint density at radius 1 is 1.25 bits per heavy atom. The van der Waals surface area contributed by atoms with Crippen LogP contribution in [0, 0.1) is 6.92 Å². The van der Waals surface area contributed by atoms with Crippen LogP contribution in [0.3, 0.4) is 0 Å².